The lowest BCUT2D eigenvalue weighted by molar-refractivity contribution is -0.383. The first-order chi connectivity index (χ1) is 7.15. The summed E-state index contributed by atoms with van der Waals surface area (Å²) in [7, 11) is 0. The highest BCUT2D eigenvalue weighted by Gasteiger charge is 2.13. The van der Waals surface area contributed by atoms with Crippen LogP contribution in [-0.4, -0.2) is 23.5 Å². The van der Waals surface area contributed by atoms with E-state index in [1.165, 1.54) is 6.07 Å². The molecule has 1 aromatic carbocycles. The summed E-state index contributed by atoms with van der Waals surface area (Å²) in [5, 5.41) is 14.1. The highest BCUT2D eigenvalue weighted by atomic mass is 35.5. The van der Waals surface area contributed by atoms with Crippen molar-refractivity contribution in [2.45, 2.75) is 0 Å². The second-order valence-electron chi connectivity index (χ2n) is 2.84. The predicted molar refractivity (Wildman–Crippen MR) is 65.0 cm³/mol. The molecule has 0 amide bonds. The van der Waals surface area contributed by atoms with Gasteiger partial charge in [0.05, 0.1) is 4.92 Å². The molecule has 0 heterocycles. The van der Waals surface area contributed by atoms with Crippen molar-refractivity contribution < 1.29 is 4.92 Å². The van der Waals surface area contributed by atoms with Gasteiger partial charge in [-0.3, -0.25) is 10.1 Å². The number of nitrogens with zero attached hydrogens (tertiary/aromatic N) is 1. The van der Waals surface area contributed by atoms with Crippen LogP contribution >= 0.6 is 23.4 Å². The maximum atomic E-state index is 10.7. The molecule has 0 aliphatic rings. The molecule has 0 aromatic heterocycles. The van der Waals surface area contributed by atoms with E-state index in [2.05, 4.69) is 5.32 Å². The molecular weight excluding hydrogens is 236 g/mol. The van der Waals surface area contributed by atoms with Gasteiger partial charge in [0.25, 0.3) is 5.69 Å². The maximum Gasteiger partial charge on any atom is 0.293 e. The van der Waals surface area contributed by atoms with Crippen molar-refractivity contribution in [3.05, 3.63) is 33.3 Å². The Morgan fingerprint density at radius 3 is 2.93 bits per heavy atom. The Labute approximate surface area is 97.2 Å². The van der Waals surface area contributed by atoms with Crippen molar-refractivity contribution in [3.8, 4) is 0 Å². The highest BCUT2D eigenvalue weighted by molar-refractivity contribution is 7.98. The highest BCUT2D eigenvalue weighted by Crippen LogP contribution is 2.27. The van der Waals surface area contributed by atoms with Crippen molar-refractivity contribution in [1.82, 2.24) is 0 Å². The molecule has 6 heteroatoms. The number of nitro benzene ring substituents is 1. The molecule has 4 nitrogen and oxygen atoms in total. The Kier molecular flexibility index (Phi) is 4.71. The largest absolute Gasteiger partial charge is 0.379 e. The van der Waals surface area contributed by atoms with Crippen LogP contribution < -0.4 is 5.32 Å². The fourth-order valence-electron chi connectivity index (χ4n) is 1.09. The van der Waals surface area contributed by atoms with E-state index in [0.29, 0.717) is 17.3 Å². The second kappa shape index (κ2) is 5.82. The van der Waals surface area contributed by atoms with Crippen molar-refractivity contribution in [3.63, 3.8) is 0 Å². The molecule has 0 saturated carbocycles. The number of hydrogen-bond donors (Lipinski definition) is 1. The molecule has 0 atom stereocenters. The van der Waals surface area contributed by atoms with Gasteiger partial charge in [-0.25, -0.2) is 0 Å². The van der Waals surface area contributed by atoms with Crippen LogP contribution in [0.1, 0.15) is 0 Å². The molecule has 0 aliphatic carbocycles. The Morgan fingerprint density at radius 1 is 1.60 bits per heavy atom. The summed E-state index contributed by atoms with van der Waals surface area (Å²) >= 11 is 7.37. The number of thioether (sulfide) groups is 1. The van der Waals surface area contributed by atoms with E-state index in [1.807, 2.05) is 6.26 Å². The molecule has 15 heavy (non-hydrogen) atoms. The number of anilines is 1. The van der Waals surface area contributed by atoms with Gasteiger partial charge in [0.1, 0.15) is 5.69 Å². The summed E-state index contributed by atoms with van der Waals surface area (Å²) in [6, 6.07) is 4.61. The average Bonchev–Trinajstić information content (AvgIpc) is 2.20. The molecule has 0 spiro atoms. The average molecular weight is 247 g/mol. The fraction of sp³-hybridized carbons (Fsp3) is 0.333. The summed E-state index contributed by atoms with van der Waals surface area (Å²) in [4.78, 5) is 10.3. The standard InChI is InChI=1S/C9H11ClN2O2S/c1-15-5-4-11-8-3-2-7(10)6-9(8)12(13)14/h2-3,6,11H,4-5H2,1H3. The van der Waals surface area contributed by atoms with E-state index >= 15 is 0 Å². The Balaban J connectivity index is 2.81. The summed E-state index contributed by atoms with van der Waals surface area (Å²) in [6.45, 7) is 0.698. The van der Waals surface area contributed by atoms with Gasteiger partial charge in [-0.15, -0.1) is 0 Å². The predicted octanol–water partition coefficient (Wildman–Crippen LogP) is 3.02. The SMILES string of the molecule is CSCCNc1ccc(Cl)cc1[N+](=O)[O-]. The van der Waals surface area contributed by atoms with Crippen LogP contribution in [0.5, 0.6) is 0 Å². The van der Waals surface area contributed by atoms with E-state index in [-0.39, 0.29) is 5.69 Å². The third-order valence-corrected chi connectivity index (χ3v) is 2.63. The van der Waals surface area contributed by atoms with Crippen LogP contribution in [-0.2, 0) is 0 Å². The Bertz CT molecular complexity index is 360. The molecule has 0 bridgehead atoms. The van der Waals surface area contributed by atoms with Gasteiger partial charge >= 0.3 is 0 Å². The molecule has 0 unspecified atom stereocenters. The lowest BCUT2D eigenvalue weighted by Gasteiger charge is -2.05. The molecule has 1 rings (SSSR count). The van der Waals surface area contributed by atoms with Crippen molar-refractivity contribution in [1.29, 1.82) is 0 Å². The lowest BCUT2D eigenvalue weighted by Crippen LogP contribution is -2.05. The number of rotatable bonds is 5. The van der Waals surface area contributed by atoms with Gasteiger partial charge in [0.2, 0.25) is 0 Å². The lowest BCUT2D eigenvalue weighted by atomic mass is 10.2. The van der Waals surface area contributed by atoms with Gasteiger partial charge in [-0.05, 0) is 18.4 Å². The topological polar surface area (TPSA) is 55.2 Å². The first-order valence-electron chi connectivity index (χ1n) is 4.32. The second-order valence-corrected chi connectivity index (χ2v) is 4.26. The minimum Gasteiger partial charge on any atom is -0.379 e. The van der Waals surface area contributed by atoms with Crippen LogP contribution in [0.3, 0.4) is 0 Å². The van der Waals surface area contributed by atoms with Crippen LogP contribution in [0, 0.1) is 10.1 Å². The van der Waals surface area contributed by atoms with Crippen LogP contribution in [0.15, 0.2) is 18.2 Å². The summed E-state index contributed by atoms with van der Waals surface area (Å²) < 4.78 is 0. The van der Waals surface area contributed by atoms with Gasteiger partial charge in [-0.2, -0.15) is 11.8 Å². The monoisotopic (exact) mass is 246 g/mol. The third kappa shape index (κ3) is 3.60. The minimum atomic E-state index is -0.437. The van der Waals surface area contributed by atoms with E-state index in [9.17, 15) is 10.1 Å². The molecular formula is C9H11ClN2O2S. The quantitative estimate of drug-likeness (QED) is 0.493. The molecule has 1 N–H and O–H groups in total. The van der Waals surface area contributed by atoms with Crippen LogP contribution in [0.4, 0.5) is 11.4 Å². The first kappa shape index (κ1) is 12.1. The van der Waals surface area contributed by atoms with E-state index in [0.717, 1.165) is 5.75 Å². The van der Waals surface area contributed by atoms with E-state index in [1.54, 1.807) is 23.9 Å². The third-order valence-electron chi connectivity index (χ3n) is 1.78. The molecule has 1 aromatic rings. The van der Waals surface area contributed by atoms with E-state index in [4.69, 9.17) is 11.6 Å². The fourth-order valence-corrected chi connectivity index (χ4v) is 1.57. The smallest absolute Gasteiger partial charge is 0.293 e. The zero-order valence-electron chi connectivity index (χ0n) is 8.20. The number of halogens is 1. The summed E-state index contributed by atoms with van der Waals surface area (Å²) in [6.07, 6.45) is 1.98. The van der Waals surface area contributed by atoms with Gasteiger partial charge in [-0.1, -0.05) is 11.6 Å². The molecule has 0 saturated heterocycles. The molecule has 82 valence electrons. The summed E-state index contributed by atoms with van der Waals surface area (Å²) in [5.41, 5.74) is 0.530. The van der Waals surface area contributed by atoms with Gasteiger partial charge in [0.15, 0.2) is 0 Å². The van der Waals surface area contributed by atoms with Crippen LogP contribution in [0.2, 0.25) is 5.02 Å². The van der Waals surface area contributed by atoms with Crippen molar-refractivity contribution in [2.24, 2.45) is 0 Å². The van der Waals surface area contributed by atoms with Crippen molar-refractivity contribution in [2.75, 3.05) is 23.9 Å². The molecule has 0 radical (unpaired) electrons. The number of hydrogen-bond acceptors (Lipinski definition) is 4. The molecule has 0 fully saturated rings. The normalized spacial score (nSPS) is 10.0. The van der Waals surface area contributed by atoms with E-state index < -0.39 is 4.92 Å². The minimum absolute atomic E-state index is 0.0172. The zero-order chi connectivity index (χ0) is 11.3. The van der Waals surface area contributed by atoms with Gasteiger partial charge < -0.3 is 5.32 Å². The number of nitro groups is 1. The first-order valence-corrected chi connectivity index (χ1v) is 6.09. The number of nitrogens with one attached hydrogen (secondary N) is 1. The molecule has 0 aliphatic heterocycles. The Morgan fingerprint density at radius 2 is 2.33 bits per heavy atom. The maximum absolute atomic E-state index is 10.7. The van der Waals surface area contributed by atoms with Gasteiger partial charge in [0, 0.05) is 23.4 Å². The summed E-state index contributed by atoms with van der Waals surface area (Å²) in [5.74, 6) is 0.903. The number of benzene rings is 1. The van der Waals surface area contributed by atoms with Crippen LogP contribution in [0.25, 0.3) is 0 Å². The Hall–Kier alpha value is -0.940. The van der Waals surface area contributed by atoms with Crippen molar-refractivity contribution >= 4 is 34.7 Å². The zero-order valence-corrected chi connectivity index (χ0v) is 9.77.